The lowest BCUT2D eigenvalue weighted by Crippen LogP contribution is -2.33. The zero-order valence-electron chi connectivity index (χ0n) is 9.19. The van der Waals surface area contributed by atoms with Gasteiger partial charge >= 0.3 is 5.97 Å². The Bertz CT molecular complexity index is 461. The van der Waals surface area contributed by atoms with E-state index in [9.17, 15) is 10.1 Å². The molecule has 1 aromatic carbocycles. The predicted octanol–water partition coefficient (Wildman–Crippen LogP) is 1.96. The minimum absolute atomic E-state index is 0.310. The van der Waals surface area contributed by atoms with Crippen LogP contribution in [0.5, 0.6) is 0 Å². The Labute approximate surface area is 94.6 Å². The highest BCUT2D eigenvalue weighted by atomic mass is 16.5. The van der Waals surface area contributed by atoms with Crippen molar-refractivity contribution in [2.75, 3.05) is 6.61 Å². The lowest BCUT2D eigenvalue weighted by atomic mass is 9.83. The van der Waals surface area contributed by atoms with Gasteiger partial charge in [-0.1, -0.05) is 24.3 Å². The summed E-state index contributed by atoms with van der Waals surface area (Å²) in [5.74, 6) is -0.414. The standard InChI is InChI=1S/C13H13NO2/c1-2-16-12(15)13(9-14)8-7-10-5-3-4-6-11(10)13/h3-6H,2,7-8H2,1H3. The van der Waals surface area contributed by atoms with Crippen LogP contribution in [-0.2, 0) is 21.4 Å². The molecule has 0 aromatic heterocycles. The summed E-state index contributed by atoms with van der Waals surface area (Å²) >= 11 is 0. The van der Waals surface area contributed by atoms with Crippen molar-refractivity contribution in [2.24, 2.45) is 0 Å². The van der Waals surface area contributed by atoms with Gasteiger partial charge in [0.05, 0.1) is 12.7 Å². The molecule has 82 valence electrons. The topological polar surface area (TPSA) is 50.1 Å². The first-order valence-corrected chi connectivity index (χ1v) is 5.41. The molecule has 0 fully saturated rings. The third-order valence-electron chi connectivity index (χ3n) is 3.06. The first-order valence-electron chi connectivity index (χ1n) is 5.41. The van der Waals surface area contributed by atoms with Gasteiger partial charge in [-0.3, -0.25) is 0 Å². The van der Waals surface area contributed by atoms with E-state index in [2.05, 4.69) is 6.07 Å². The number of nitriles is 1. The largest absolute Gasteiger partial charge is 0.465 e. The highest BCUT2D eigenvalue weighted by Crippen LogP contribution is 2.39. The maximum Gasteiger partial charge on any atom is 0.331 e. The van der Waals surface area contributed by atoms with Crippen LogP contribution < -0.4 is 0 Å². The van der Waals surface area contributed by atoms with E-state index in [0.29, 0.717) is 13.0 Å². The molecule has 1 aromatic rings. The van der Waals surface area contributed by atoms with Crippen LogP contribution >= 0.6 is 0 Å². The van der Waals surface area contributed by atoms with E-state index in [4.69, 9.17) is 4.74 Å². The Morgan fingerprint density at radius 1 is 1.56 bits per heavy atom. The summed E-state index contributed by atoms with van der Waals surface area (Å²) in [6.45, 7) is 2.06. The maximum atomic E-state index is 11.9. The first-order chi connectivity index (χ1) is 7.74. The number of hydrogen-bond donors (Lipinski definition) is 0. The molecule has 0 heterocycles. The lowest BCUT2D eigenvalue weighted by molar-refractivity contribution is -0.147. The molecule has 1 aliphatic carbocycles. The van der Waals surface area contributed by atoms with Crippen LogP contribution in [-0.4, -0.2) is 12.6 Å². The zero-order valence-corrected chi connectivity index (χ0v) is 9.19. The van der Waals surface area contributed by atoms with Crippen LogP contribution in [0.25, 0.3) is 0 Å². The summed E-state index contributed by atoms with van der Waals surface area (Å²) < 4.78 is 5.02. The molecule has 0 amide bonds. The van der Waals surface area contributed by atoms with Crippen LogP contribution in [0.3, 0.4) is 0 Å². The van der Waals surface area contributed by atoms with Crippen molar-refractivity contribution in [3.05, 3.63) is 35.4 Å². The molecule has 2 rings (SSSR count). The molecule has 1 atom stereocenters. The molecule has 0 aliphatic heterocycles. The third kappa shape index (κ3) is 1.38. The molecule has 0 spiro atoms. The number of nitrogens with zero attached hydrogens (tertiary/aromatic N) is 1. The van der Waals surface area contributed by atoms with Crippen molar-refractivity contribution in [1.82, 2.24) is 0 Å². The summed E-state index contributed by atoms with van der Waals surface area (Å²) in [7, 11) is 0. The molecule has 16 heavy (non-hydrogen) atoms. The summed E-state index contributed by atoms with van der Waals surface area (Å²) in [4.78, 5) is 11.9. The Morgan fingerprint density at radius 2 is 2.31 bits per heavy atom. The maximum absolute atomic E-state index is 11.9. The van der Waals surface area contributed by atoms with Crippen molar-refractivity contribution in [1.29, 1.82) is 5.26 Å². The number of rotatable bonds is 2. The third-order valence-corrected chi connectivity index (χ3v) is 3.06. The van der Waals surface area contributed by atoms with Gasteiger partial charge in [0.2, 0.25) is 0 Å². The van der Waals surface area contributed by atoms with Crippen molar-refractivity contribution in [3.63, 3.8) is 0 Å². The van der Waals surface area contributed by atoms with E-state index in [1.54, 1.807) is 6.92 Å². The predicted molar refractivity (Wildman–Crippen MR) is 58.7 cm³/mol. The number of benzene rings is 1. The van der Waals surface area contributed by atoms with Crippen LogP contribution in [0.2, 0.25) is 0 Å². The van der Waals surface area contributed by atoms with Gasteiger partial charge in [0.1, 0.15) is 0 Å². The van der Waals surface area contributed by atoms with Crippen molar-refractivity contribution < 1.29 is 9.53 Å². The minimum atomic E-state index is -1.08. The number of esters is 1. The van der Waals surface area contributed by atoms with Gasteiger partial charge in [0, 0.05) is 0 Å². The zero-order chi connectivity index (χ0) is 11.6. The SMILES string of the molecule is CCOC(=O)C1(C#N)CCc2ccccc21. The van der Waals surface area contributed by atoms with Crippen LogP contribution in [0.15, 0.2) is 24.3 Å². The molecular formula is C13H13NO2. The van der Waals surface area contributed by atoms with Crippen LogP contribution in [0.4, 0.5) is 0 Å². The summed E-state index contributed by atoms with van der Waals surface area (Å²) in [5.41, 5.74) is 0.820. The van der Waals surface area contributed by atoms with E-state index in [1.807, 2.05) is 24.3 Å². The fourth-order valence-electron chi connectivity index (χ4n) is 2.24. The molecule has 0 N–H and O–H groups in total. The Balaban J connectivity index is 2.46. The smallest absolute Gasteiger partial charge is 0.331 e. The van der Waals surface area contributed by atoms with Crippen molar-refractivity contribution in [3.8, 4) is 6.07 Å². The van der Waals surface area contributed by atoms with Gasteiger partial charge < -0.3 is 4.74 Å². The highest BCUT2D eigenvalue weighted by Gasteiger charge is 2.47. The van der Waals surface area contributed by atoms with E-state index in [-0.39, 0.29) is 0 Å². The van der Waals surface area contributed by atoms with Gasteiger partial charge in [-0.05, 0) is 30.9 Å². The monoisotopic (exact) mass is 215 g/mol. The van der Waals surface area contributed by atoms with E-state index < -0.39 is 11.4 Å². The number of aryl methyl sites for hydroxylation is 1. The second-order valence-corrected chi connectivity index (χ2v) is 3.89. The summed E-state index contributed by atoms with van der Waals surface area (Å²) in [5, 5.41) is 9.31. The fraction of sp³-hybridized carbons (Fsp3) is 0.385. The highest BCUT2D eigenvalue weighted by molar-refractivity contribution is 5.88. The lowest BCUT2D eigenvalue weighted by Gasteiger charge is -2.19. The summed E-state index contributed by atoms with van der Waals surface area (Å²) in [6.07, 6.45) is 1.30. The molecule has 0 bridgehead atoms. The second kappa shape index (κ2) is 3.97. The molecule has 1 unspecified atom stereocenters. The number of carbonyl (C=O) groups is 1. The van der Waals surface area contributed by atoms with Crippen LogP contribution in [0.1, 0.15) is 24.5 Å². The van der Waals surface area contributed by atoms with Crippen molar-refractivity contribution >= 4 is 5.97 Å². The average Bonchev–Trinajstić information content (AvgIpc) is 2.69. The Morgan fingerprint density at radius 3 is 3.00 bits per heavy atom. The second-order valence-electron chi connectivity index (χ2n) is 3.89. The van der Waals surface area contributed by atoms with Gasteiger partial charge in [-0.2, -0.15) is 5.26 Å². The summed E-state index contributed by atoms with van der Waals surface area (Å²) in [6, 6.07) is 9.74. The normalized spacial score (nSPS) is 22.2. The Hall–Kier alpha value is -1.82. The Kier molecular flexibility index (Phi) is 2.66. The molecular weight excluding hydrogens is 202 g/mol. The molecule has 3 nitrogen and oxygen atoms in total. The average molecular weight is 215 g/mol. The number of hydrogen-bond acceptors (Lipinski definition) is 3. The number of carbonyl (C=O) groups excluding carboxylic acids is 1. The van der Waals surface area contributed by atoms with Gasteiger partial charge in [0.15, 0.2) is 5.41 Å². The molecule has 0 radical (unpaired) electrons. The molecule has 0 saturated heterocycles. The molecule has 3 heteroatoms. The van der Waals surface area contributed by atoms with E-state index in [1.165, 1.54) is 0 Å². The number of fused-ring (bicyclic) bond motifs is 1. The fourth-order valence-corrected chi connectivity index (χ4v) is 2.24. The van der Waals surface area contributed by atoms with Gasteiger partial charge in [0.25, 0.3) is 0 Å². The molecule has 0 saturated carbocycles. The minimum Gasteiger partial charge on any atom is -0.465 e. The quantitative estimate of drug-likeness (QED) is 0.708. The van der Waals surface area contributed by atoms with Gasteiger partial charge in [-0.15, -0.1) is 0 Å². The van der Waals surface area contributed by atoms with Gasteiger partial charge in [-0.25, -0.2) is 4.79 Å². The number of ether oxygens (including phenoxy) is 1. The van der Waals surface area contributed by atoms with E-state index in [0.717, 1.165) is 17.5 Å². The first kappa shape index (κ1) is 10.7. The molecule has 1 aliphatic rings. The van der Waals surface area contributed by atoms with Crippen LogP contribution in [0, 0.1) is 11.3 Å². The van der Waals surface area contributed by atoms with E-state index >= 15 is 0 Å². The van der Waals surface area contributed by atoms with Crippen molar-refractivity contribution in [2.45, 2.75) is 25.2 Å².